The van der Waals surface area contributed by atoms with E-state index in [1.54, 1.807) is 0 Å². The van der Waals surface area contributed by atoms with Crippen LogP contribution >= 0.6 is 0 Å². The van der Waals surface area contributed by atoms with Crippen LogP contribution < -0.4 is 5.32 Å². The van der Waals surface area contributed by atoms with Gasteiger partial charge < -0.3 is 5.32 Å². The van der Waals surface area contributed by atoms with Gasteiger partial charge in [-0.2, -0.15) is 0 Å². The molecule has 130 valence electrons. The van der Waals surface area contributed by atoms with Crippen LogP contribution in [0.2, 0.25) is 0 Å². The van der Waals surface area contributed by atoms with Crippen LogP contribution in [0.3, 0.4) is 0 Å². The predicted octanol–water partition coefficient (Wildman–Crippen LogP) is 1.56. The van der Waals surface area contributed by atoms with Gasteiger partial charge in [0, 0.05) is 17.8 Å². The van der Waals surface area contributed by atoms with Gasteiger partial charge in [-0.05, 0) is 43.2 Å². The highest BCUT2D eigenvalue weighted by molar-refractivity contribution is 6.09. The summed E-state index contributed by atoms with van der Waals surface area (Å²) in [5.74, 6) is -0.829. The van der Waals surface area contributed by atoms with E-state index in [4.69, 9.17) is 0 Å². The minimum absolute atomic E-state index is 0.0776. The first-order valence-electron chi connectivity index (χ1n) is 8.35. The van der Waals surface area contributed by atoms with Crippen LogP contribution in [0.15, 0.2) is 24.3 Å². The van der Waals surface area contributed by atoms with E-state index in [1.807, 2.05) is 0 Å². The molecule has 8 nitrogen and oxygen atoms in total. The molecule has 0 aromatic heterocycles. The van der Waals surface area contributed by atoms with E-state index >= 15 is 0 Å². The summed E-state index contributed by atoms with van der Waals surface area (Å²) < 4.78 is 0. The number of hydrogen-bond acceptors (Lipinski definition) is 5. The molecule has 2 saturated carbocycles. The predicted molar refractivity (Wildman–Crippen MR) is 86.3 cm³/mol. The monoisotopic (exact) mass is 343 g/mol. The number of fused-ring (bicyclic) bond motifs is 5. The number of nitro benzene ring substituents is 1. The van der Waals surface area contributed by atoms with Gasteiger partial charge in [-0.1, -0.05) is 0 Å². The van der Waals surface area contributed by atoms with E-state index in [2.05, 4.69) is 5.32 Å². The summed E-state index contributed by atoms with van der Waals surface area (Å²) in [4.78, 5) is 48.5. The van der Waals surface area contributed by atoms with Gasteiger partial charge >= 0.3 is 0 Å². The number of imide groups is 1. The molecule has 0 spiro atoms. The van der Waals surface area contributed by atoms with E-state index in [0.717, 1.165) is 24.2 Å². The number of nitro groups is 1. The Labute approximate surface area is 143 Å². The zero-order chi connectivity index (χ0) is 17.7. The van der Waals surface area contributed by atoms with Crippen LogP contribution in [-0.2, 0) is 14.4 Å². The third-order valence-electron chi connectivity index (χ3n) is 5.68. The molecule has 2 bridgehead atoms. The van der Waals surface area contributed by atoms with Crippen LogP contribution in [0.4, 0.5) is 11.4 Å². The Kier molecular flexibility index (Phi) is 3.55. The van der Waals surface area contributed by atoms with Crippen molar-refractivity contribution in [2.75, 3.05) is 11.9 Å². The first kappa shape index (κ1) is 15.7. The highest BCUT2D eigenvalue weighted by atomic mass is 16.6. The lowest BCUT2D eigenvalue weighted by Gasteiger charge is -2.19. The van der Waals surface area contributed by atoms with Crippen molar-refractivity contribution >= 4 is 29.1 Å². The van der Waals surface area contributed by atoms with Crippen LogP contribution in [0, 0.1) is 33.8 Å². The Morgan fingerprint density at radius 3 is 2.20 bits per heavy atom. The van der Waals surface area contributed by atoms with Crippen molar-refractivity contribution in [1.29, 1.82) is 0 Å². The average Bonchev–Trinajstić information content (AvgIpc) is 3.25. The Balaban J connectivity index is 1.42. The first-order valence-corrected chi connectivity index (χ1v) is 8.35. The molecular weight excluding hydrogens is 326 g/mol. The van der Waals surface area contributed by atoms with Crippen molar-refractivity contribution in [3.8, 4) is 0 Å². The standard InChI is InChI=1S/C17H17N3O5/c21-13(18-11-3-5-12(6-4-11)20(24)25)8-19-16(22)14-9-1-2-10(7-9)15(14)17(19)23/h3-6,9-10,14-15H,1-2,7-8H2,(H,18,21)/t9-,10-,14-,15-/m0/s1. The maximum Gasteiger partial charge on any atom is 0.269 e. The molecule has 3 amide bonds. The zero-order valence-corrected chi connectivity index (χ0v) is 13.4. The van der Waals surface area contributed by atoms with E-state index in [-0.39, 0.29) is 47.7 Å². The summed E-state index contributed by atoms with van der Waals surface area (Å²) >= 11 is 0. The van der Waals surface area contributed by atoms with E-state index in [0.29, 0.717) is 5.69 Å². The Hall–Kier alpha value is -2.77. The van der Waals surface area contributed by atoms with Gasteiger partial charge in [0.1, 0.15) is 6.54 Å². The molecule has 0 unspecified atom stereocenters. The number of likely N-dealkylation sites (tertiary alicyclic amines) is 1. The largest absolute Gasteiger partial charge is 0.325 e. The molecule has 4 rings (SSSR count). The lowest BCUT2D eigenvalue weighted by Crippen LogP contribution is -2.39. The van der Waals surface area contributed by atoms with Crippen LogP contribution in [0.1, 0.15) is 19.3 Å². The first-order chi connectivity index (χ1) is 12.0. The molecular formula is C17H17N3O5. The third kappa shape index (κ3) is 2.48. The molecule has 25 heavy (non-hydrogen) atoms. The number of rotatable bonds is 4. The van der Waals surface area contributed by atoms with Crippen molar-refractivity contribution in [3.63, 3.8) is 0 Å². The molecule has 3 aliphatic rings. The number of nitrogens with zero attached hydrogens (tertiary/aromatic N) is 2. The van der Waals surface area contributed by atoms with Gasteiger partial charge in [-0.25, -0.2) is 0 Å². The maximum atomic E-state index is 12.5. The van der Waals surface area contributed by atoms with Gasteiger partial charge in [-0.15, -0.1) is 0 Å². The van der Waals surface area contributed by atoms with Gasteiger partial charge in [-0.3, -0.25) is 29.4 Å². The second kappa shape index (κ2) is 5.65. The molecule has 8 heteroatoms. The number of nitrogens with one attached hydrogen (secondary N) is 1. The van der Waals surface area contributed by atoms with Crippen molar-refractivity contribution in [3.05, 3.63) is 34.4 Å². The van der Waals surface area contributed by atoms with Crippen molar-refractivity contribution in [2.24, 2.45) is 23.7 Å². The molecule has 1 aromatic carbocycles. The quantitative estimate of drug-likeness (QED) is 0.507. The number of anilines is 1. The summed E-state index contributed by atoms with van der Waals surface area (Å²) in [5, 5.41) is 13.2. The lowest BCUT2D eigenvalue weighted by atomic mass is 9.81. The molecule has 3 fully saturated rings. The molecule has 2 aliphatic carbocycles. The van der Waals surface area contributed by atoms with E-state index in [1.165, 1.54) is 24.3 Å². The molecule has 4 atom stereocenters. The Morgan fingerprint density at radius 2 is 1.68 bits per heavy atom. The number of carbonyl (C=O) groups excluding carboxylic acids is 3. The molecule has 1 saturated heterocycles. The van der Waals surface area contributed by atoms with Crippen LogP contribution in [0.5, 0.6) is 0 Å². The Bertz CT molecular complexity index is 747. The third-order valence-corrected chi connectivity index (χ3v) is 5.68. The number of non-ortho nitro benzene ring substituents is 1. The second-order valence-corrected chi connectivity index (χ2v) is 7.00. The molecule has 1 aromatic rings. The van der Waals surface area contributed by atoms with Crippen LogP contribution in [-0.4, -0.2) is 34.1 Å². The highest BCUT2D eigenvalue weighted by Crippen LogP contribution is 2.56. The summed E-state index contributed by atoms with van der Waals surface area (Å²) in [5.41, 5.74) is 0.307. The fraction of sp³-hybridized carbons (Fsp3) is 0.471. The molecule has 1 N–H and O–H groups in total. The van der Waals surface area contributed by atoms with Crippen molar-refractivity contribution < 1.29 is 19.3 Å². The van der Waals surface area contributed by atoms with Gasteiger partial charge in [0.25, 0.3) is 5.69 Å². The SMILES string of the molecule is O=C(CN1C(=O)[C@H]2[C@H]3CC[C@@H](C3)[C@@H]2C1=O)Nc1ccc([N+](=O)[O-])cc1. The minimum Gasteiger partial charge on any atom is -0.325 e. The fourth-order valence-corrected chi connectivity index (χ4v) is 4.64. The smallest absolute Gasteiger partial charge is 0.269 e. The van der Waals surface area contributed by atoms with E-state index < -0.39 is 10.8 Å². The van der Waals surface area contributed by atoms with Crippen molar-refractivity contribution in [2.45, 2.75) is 19.3 Å². The minimum atomic E-state index is -0.528. The zero-order valence-electron chi connectivity index (χ0n) is 13.4. The van der Waals surface area contributed by atoms with Gasteiger partial charge in [0.15, 0.2) is 0 Å². The molecule has 1 aliphatic heterocycles. The lowest BCUT2D eigenvalue weighted by molar-refractivity contribution is -0.384. The van der Waals surface area contributed by atoms with E-state index in [9.17, 15) is 24.5 Å². The maximum absolute atomic E-state index is 12.5. The Morgan fingerprint density at radius 1 is 1.12 bits per heavy atom. The average molecular weight is 343 g/mol. The van der Waals surface area contributed by atoms with Crippen LogP contribution in [0.25, 0.3) is 0 Å². The summed E-state index contributed by atoms with van der Waals surface area (Å²) in [6, 6.07) is 5.39. The number of amides is 3. The number of benzene rings is 1. The second-order valence-electron chi connectivity index (χ2n) is 7.00. The molecule has 1 heterocycles. The summed E-state index contributed by atoms with van der Waals surface area (Å²) in [7, 11) is 0. The van der Waals surface area contributed by atoms with Gasteiger partial charge in [0.05, 0.1) is 16.8 Å². The summed E-state index contributed by atoms with van der Waals surface area (Å²) in [6.45, 7) is -0.304. The normalized spacial score (nSPS) is 29.8. The highest BCUT2D eigenvalue weighted by Gasteiger charge is 2.60. The topological polar surface area (TPSA) is 110 Å². The number of carbonyl (C=O) groups is 3. The fourth-order valence-electron chi connectivity index (χ4n) is 4.64. The number of hydrogen-bond donors (Lipinski definition) is 1. The molecule has 0 radical (unpaired) electrons. The van der Waals surface area contributed by atoms with Gasteiger partial charge in [0.2, 0.25) is 17.7 Å². The van der Waals surface area contributed by atoms with Crippen molar-refractivity contribution in [1.82, 2.24) is 4.90 Å². The summed E-state index contributed by atoms with van der Waals surface area (Å²) in [6.07, 6.45) is 2.94.